The van der Waals surface area contributed by atoms with Crippen LogP contribution in [0.15, 0.2) is 24.4 Å². The van der Waals surface area contributed by atoms with Crippen LogP contribution in [0.5, 0.6) is 0 Å². The van der Waals surface area contributed by atoms with Crippen molar-refractivity contribution in [2.75, 3.05) is 13.2 Å². The van der Waals surface area contributed by atoms with Gasteiger partial charge in [0.25, 0.3) is 0 Å². The average molecular weight is 475 g/mol. The minimum Gasteiger partial charge on any atom is -0.444 e. The summed E-state index contributed by atoms with van der Waals surface area (Å²) in [5.41, 5.74) is -1.99. The molecule has 0 saturated carbocycles. The molecule has 1 aliphatic rings. The van der Waals surface area contributed by atoms with E-state index >= 15 is 0 Å². The molecule has 1 saturated heterocycles. The molecule has 0 aliphatic carbocycles. The van der Waals surface area contributed by atoms with Gasteiger partial charge >= 0.3 is 12.3 Å². The molecule has 33 heavy (non-hydrogen) atoms. The fraction of sp³-hybridized carbons (Fsp3) is 0.545. The number of hydrogen-bond acceptors (Lipinski definition) is 4. The van der Waals surface area contributed by atoms with Crippen LogP contribution in [0.2, 0.25) is 0 Å². The molecule has 2 aromatic rings. The smallest absolute Gasteiger partial charge is 0.419 e. The van der Waals surface area contributed by atoms with Crippen LogP contribution in [0.1, 0.15) is 50.9 Å². The van der Waals surface area contributed by atoms with Crippen molar-refractivity contribution in [1.82, 2.24) is 14.5 Å². The molecule has 3 rings (SSSR count). The van der Waals surface area contributed by atoms with Gasteiger partial charge in [-0.3, -0.25) is 4.90 Å². The van der Waals surface area contributed by atoms with Gasteiger partial charge in [0.05, 0.1) is 17.9 Å². The Morgan fingerprint density at radius 2 is 1.97 bits per heavy atom. The van der Waals surface area contributed by atoms with Crippen molar-refractivity contribution in [1.29, 1.82) is 0 Å². The summed E-state index contributed by atoms with van der Waals surface area (Å²) in [6, 6.07) is 2.58. The molecular weight excluding hydrogens is 449 g/mol. The van der Waals surface area contributed by atoms with E-state index in [0.717, 1.165) is 11.0 Å². The minimum atomic E-state index is -4.87. The van der Waals surface area contributed by atoms with Crippen LogP contribution >= 0.6 is 0 Å². The molecule has 2 unspecified atom stereocenters. The fourth-order valence-electron chi connectivity index (χ4n) is 3.76. The van der Waals surface area contributed by atoms with Crippen LogP contribution in [0, 0.1) is 5.82 Å². The van der Waals surface area contributed by atoms with E-state index in [0.29, 0.717) is 18.3 Å². The first kappa shape index (κ1) is 24.9. The van der Waals surface area contributed by atoms with Crippen LogP contribution in [-0.4, -0.2) is 50.7 Å². The number of aliphatic hydroxyl groups is 1. The highest BCUT2D eigenvalue weighted by molar-refractivity contribution is 5.68. The number of imidazole rings is 1. The number of carbonyl (C=O) groups is 1. The Morgan fingerprint density at radius 1 is 1.27 bits per heavy atom. The molecule has 0 bridgehead atoms. The third-order valence-electron chi connectivity index (χ3n) is 5.24. The molecule has 1 aromatic carbocycles. The van der Waals surface area contributed by atoms with Gasteiger partial charge < -0.3 is 14.4 Å². The fourth-order valence-corrected chi connectivity index (χ4v) is 3.76. The first-order valence-corrected chi connectivity index (χ1v) is 10.5. The number of likely N-dealkylation sites (tertiary alicyclic amines) is 1. The van der Waals surface area contributed by atoms with E-state index in [1.165, 1.54) is 12.3 Å². The topological polar surface area (TPSA) is 67.6 Å². The van der Waals surface area contributed by atoms with Gasteiger partial charge in [-0.05, 0) is 45.4 Å². The maximum absolute atomic E-state index is 14.9. The second-order valence-electron chi connectivity index (χ2n) is 8.92. The first-order valence-electron chi connectivity index (χ1n) is 10.5. The third-order valence-corrected chi connectivity index (χ3v) is 5.24. The average Bonchev–Trinajstić information content (AvgIpc) is 3.10. The normalized spacial score (nSPS) is 19.6. The van der Waals surface area contributed by atoms with Gasteiger partial charge in [0.15, 0.2) is 6.30 Å². The van der Waals surface area contributed by atoms with E-state index in [9.17, 15) is 31.9 Å². The molecule has 2 heterocycles. The van der Waals surface area contributed by atoms with E-state index in [1.54, 1.807) is 25.3 Å². The number of aliphatic hydroxyl groups excluding tert-OH is 1. The zero-order valence-electron chi connectivity index (χ0n) is 18.5. The van der Waals surface area contributed by atoms with Crippen molar-refractivity contribution in [2.24, 2.45) is 0 Å². The number of aromatic nitrogens is 2. The third kappa shape index (κ3) is 5.82. The SMILES string of the molecule is CC(C)(C)OC(=O)N1CCC(c2nc(-c3ccc(F)c(C(F)(F)F)c3)cn2CCO)CC1F. The largest absolute Gasteiger partial charge is 0.444 e. The summed E-state index contributed by atoms with van der Waals surface area (Å²) in [6.45, 7) is 4.93. The number of carbonyl (C=O) groups excluding carboxylic acids is 1. The number of benzene rings is 1. The molecule has 182 valence electrons. The Kier molecular flexibility index (Phi) is 7.01. The molecule has 0 radical (unpaired) electrons. The van der Waals surface area contributed by atoms with Gasteiger partial charge in [-0.1, -0.05) is 0 Å². The number of halogens is 5. The van der Waals surface area contributed by atoms with E-state index < -0.39 is 41.5 Å². The number of hydrogen-bond donors (Lipinski definition) is 1. The molecule has 0 spiro atoms. The van der Waals surface area contributed by atoms with Crippen molar-refractivity contribution in [3.05, 3.63) is 41.6 Å². The van der Waals surface area contributed by atoms with Crippen LogP contribution in [0.25, 0.3) is 11.3 Å². The lowest BCUT2D eigenvalue weighted by molar-refractivity contribution is -0.139. The summed E-state index contributed by atoms with van der Waals surface area (Å²) in [5.74, 6) is -1.46. The molecule has 1 N–H and O–H groups in total. The number of nitrogens with zero attached hydrogens (tertiary/aromatic N) is 3. The summed E-state index contributed by atoms with van der Waals surface area (Å²) in [5, 5.41) is 9.39. The predicted octanol–water partition coefficient (Wildman–Crippen LogP) is 5.11. The zero-order chi connectivity index (χ0) is 24.6. The van der Waals surface area contributed by atoms with Crippen molar-refractivity contribution in [3.63, 3.8) is 0 Å². The van der Waals surface area contributed by atoms with Crippen LogP contribution < -0.4 is 0 Å². The number of rotatable bonds is 4. The van der Waals surface area contributed by atoms with Gasteiger partial charge in [-0.25, -0.2) is 18.6 Å². The quantitative estimate of drug-likeness (QED) is 0.493. The number of amides is 1. The number of piperidine rings is 1. The Bertz CT molecular complexity index is 1000. The lowest BCUT2D eigenvalue weighted by Gasteiger charge is -2.35. The second kappa shape index (κ2) is 9.28. The van der Waals surface area contributed by atoms with Crippen LogP contribution in [0.3, 0.4) is 0 Å². The van der Waals surface area contributed by atoms with Gasteiger partial charge in [-0.2, -0.15) is 13.2 Å². The first-order chi connectivity index (χ1) is 15.3. The maximum Gasteiger partial charge on any atom is 0.419 e. The molecule has 1 aliphatic heterocycles. The highest BCUT2D eigenvalue weighted by atomic mass is 19.4. The van der Waals surface area contributed by atoms with E-state index in [1.807, 2.05) is 0 Å². The Balaban J connectivity index is 1.86. The summed E-state index contributed by atoms with van der Waals surface area (Å²) >= 11 is 0. The van der Waals surface area contributed by atoms with Gasteiger partial charge in [-0.15, -0.1) is 0 Å². The van der Waals surface area contributed by atoms with Crippen molar-refractivity contribution in [3.8, 4) is 11.3 Å². The van der Waals surface area contributed by atoms with Crippen molar-refractivity contribution in [2.45, 2.75) is 64.1 Å². The molecular formula is C22H26F5N3O3. The Hall–Kier alpha value is -2.69. The van der Waals surface area contributed by atoms with Gasteiger partial charge in [0, 0.05) is 37.2 Å². The van der Waals surface area contributed by atoms with Crippen molar-refractivity contribution >= 4 is 6.09 Å². The predicted molar refractivity (Wildman–Crippen MR) is 110 cm³/mol. The van der Waals surface area contributed by atoms with Gasteiger partial charge in [0.2, 0.25) is 0 Å². The van der Waals surface area contributed by atoms with E-state index in [-0.39, 0.29) is 37.4 Å². The lowest BCUT2D eigenvalue weighted by Crippen LogP contribution is -2.46. The highest BCUT2D eigenvalue weighted by Crippen LogP contribution is 2.36. The zero-order valence-corrected chi connectivity index (χ0v) is 18.5. The minimum absolute atomic E-state index is 0.0460. The molecule has 11 heteroatoms. The monoisotopic (exact) mass is 475 g/mol. The van der Waals surface area contributed by atoms with Crippen LogP contribution in [0.4, 0.5) is 26.7 Å². The molecule has 1 fully saturated rings. The van der Waals surface area contributed by atoms with E-state index in [2.05, 4.69) is 4.98 Å². The van der Waals surface area contributed by atoms with Gasteiger partial charge in [0.1, 0.15) is 17.2 Å². The summed E-state index contributed by atoms with van der Waals surface area (Å²) in [7, 11) is 0. The highest BCUT2D eigenvalue weighted by Gasteiger charge is 2.37. The molecule has 2 atom stereocenters. The number of ether oxygens (including phenoxy) is 1. The van der Waals surface area contributed by atoms with E-state index in [4.69, 9.17) is 4.74 Å². The molecule has 1 amide bonds. The molecule has 6 nitrogen and oxygen atoms in total. The second-order valence-corrected chi connectivity index (χ2v) is 8.92. The number of alkyl halides is 4. The lowest BCUT2D eigenvalue weighted by atomic mass is 9.95. The van der Waals surface area contributed by atoms with Crippen molar-refractivity contribution < 1.29 is 36.6 Å². The Morgan fingerprint density at radius 3 is 2.55 bits per heavy atom. The molecule has 1 aromatic heterocycles. The standard InChI is InChI=1S/C22H26F5N3O3/c1-21(2,3)33-20(32)30-7-6-14(11-18(30)24)19-28-17(12-29(19)8-9-31)13-4-5-16(23)15(10-13)22(25,26)27/h4-5,10,12,14,18,31H,6-9,11H2,1-3H3. The summed E-state index contributed by atoms with van der Waals surface area (Å²) in [4.78, 5) is 17.7. The van der Waals surface area contributed by atoms with Crippen LogP contribution in [-0.2, 0) is 17.5 Å². The summed E-state index contributed by atoms with van der Waals surface area (Å²) in [6.07, 6.45) is -5.56. The summed E-state index contributed by atoms with van der Waals surface area (Å²) < 4.78 is 74.6. The maximum atomic E-state index is 14.9. The Labute approximate surface area is 188 Å².